The van der Waals surface area contributed by atoms with E-state index in [0.29, 0.717) is 36.4 Å². The van der Waals surface area contributed by atoms with Crippen molar-refractivity contribution in [3.8, 4) is 11.5 Å². The lowest BCUT2D eigenvalue weighted by Crippen LogP contribution is -2.30. The molecule has 150 valence electrons. The highest BCUT2D eigenvalue weighted by Crippen LogP contribution is 2.40. The number of aryl methyl sites for hydroxylation is 1. The molecule has 0 bridgehead atoms. The van der Waals surface area contributed by atoms with E-state index in [9.17, 15) is 18.5 Å². The SMILES string of the molecule is COc1ccc(C2CCCN2S(=O)(=O)c2ccc(C)c([N+](=O)[O-])c2)cc1OC. The van der Waals surface area contributed by atoms with E-state index < -0.39 is 14.9 Å². The summed E-state index contributed by atoms with van der Waals surface area (Å²) in [6.45, 7) is 1.93. The zero-order valence-corrected chi connectivity index (χ0v) is 16.7. The number of nitro groups is 1. The van der Waals surface area contributed by atoms with Gasteiger partial charge in [0.2, 0.25) is 10.0 Å². The predicted octanol–water partition coefficient (Wildman–Crippen LogP) is 3.45. The molecule has 1 aliphatic heterocycles. The molecule has 2 aromatic rings. The topological polar surface area (TPSA) is 99.0 Å². The third kappa shape index (κ3) is 3.55. The first-order valence-electron chi connectivity index (χ1n) is 8.78. The standard InChI is InChI=1S/C19H22N2O6S/c1-13-6-8-15(12-17(13)21(22)23)28(24,25)20-10-4-5-16(20)14-7-9-18(26-2)19(11-14)27-3/h6-9,11-12,16H,4-5,10H2,1-3H3. The summed E-state index contributed by atoms with van der Waals surface area (Å²) >= 11 is 0. The molecular weight excluding hydrogens is 384 g/mol. The van der Waals surface area contributed by atoms with E-state index in [4.69, 9.17) is 9.47 Å². The zero-order valence-electron chi connectivity index (χ0n) is 15.9. The minimum Gasteiger partial charge on any atom is -0.493 e. The molecule has 0 spiro atoms. The summed E-state index contributed by atoms with van der Waals surface area (Å²) in [7, 11) is -0.827. The van der Waals surface area contributed by atoms with Gasteiger partial charge in [0, 0.05) is 18.2 Å². The van der Waals surface area contributed by atoms with Gasteiger partial charge in [0.1, 0.15) is 0 Å². The second-order valence-electron chi connectivity index (χ2n) is 6.59. The van der Waals surface area contributed by atoms with Gasteiger partial charge in [-0.05, 0) is 43.5 Å². The summed E-state index contributed by atoms with van der Waals surface area (Å²) < 4.78 is 38.4. The molecule has 0 aliphatic carbocycles. The number of ether oxygens (including phenoxy) is 2. The Morgan fingerprint density at radius 1 is 1.11 bits per heavy atom. The fraction of sp³-hybridized carbons (Fsp3) is 0.368. The smallest absolute Gasteiger partial charge is 0.273 e. The minimum absolute atomic E-state index is 0.0721. The minimum atomic E-state index is -3.89. The van der Waals surface area contributed by atoms with E-state index in [-0.39, 0.29) is 16.6 Å². The molecule has 1 fully saturated rings. The monoisotopic (exact) mass is 406 g/mol. The number of benzene rings is 2. The van der Waals surface area contributed by atoms with Crippen LogP contribution in [0.4, 0.5) is 5.69 Å². The van der Waals surface area contributed by atoms with Crippen molar-refractivity contribution in [2.24, 2.45) is 0 Å². The van der Waals surface area contributed by atoms with Crippen molar-refractivity contribution < 1.29 is 22.8 Å². The molecule has 0 saturated carbocycles. The van der Waals surface area contributed by atoms with Gasteiger partial charge < -0.3 is 9.47 Å². The molecule has 1 aliphatic rings. The van der Waals surface area contributed by atoms with Gasteiger partial charge in [-0.2, -0.15) is 4.31 Å². The highest BCUT2D eigenvalue weighted by atomic mass is 32.2. The highest BCUT2D eigenvalue weighted by Gasteiger charge is 2.37. The van der Waals surface area contributed by atoms with Crippen molar-refractivity contribution in [2.75, 3.05) is 20.8 Å². The third-order valence-electron chi connectivity index (χ3n) is 4.98. The van der Waals surface area contributed by atoms with Gasteiger partial charge in [-0.25, -0.2) is 8.42 Å². The van der Waals surface area contributed by atoms with Crippen LogP contribution >= 0.6 is 0 Å². The molecule has 28 heavy (non-hydrogen) atoms. The molecule has 1 unspecified atom stereocenters. The largest absolute Gasteiger partial charge is 0.493 e. The van der Waals surface area contributed by atoms with Crippen molar-refractivity contribution in [2.45, 2.75) is 30.7 Å². The van der Waals surface area contributed by atoms with Crippen LogP contribution in [0.15, 0.2) is 41.3 Å². The summed E-state index contributed by atoms with van der Waals surface area (Å²) in [6.07, 6.45) is 1.36. The van der Waals surface area contributed by atoms with Crippen LogP contribution in [-0.4, -0.2) is 38.4 Å². The number of hydrogen-bond donors (Lipinski definition) is 0. The molecule has 0 aromatic heterocycles. The number of nitrogens with zero attached hydrogens (tertiary/aromatic N) is 2. The molecule has 1 atom stereocenters. The molecule has 0 N–H and O–H groups in total. The summed E-state index contributed by atoms with van der Waals surface area (Å²) in [6, 6.07) is 8.98. The van der Waals surface area contributed by atoms with Crippen LogP contribution in [0, 0.1) is 17.0 Å². The van der Waals surface area contributed by atoms with Crippen LogP contribution in [0.2, 0.25) is 0 Å². The van der Waals surface area contributed by atoms with Crippen LogP contribution in [-0.2, 0) is 10.0 Å². The average Bonchev–Trinajstić information content (AvgIpc) is 3.18. The van der Waals surface area contributed by atoms with Gasteiger partial charge in [0.15, 0.2) is 11.5 Å². The number of methoxy groups -OCH3 is 2. The van der Waals surface area contributed by atoms with Crippen LogP contribution in [0.1, 0.15) is 30.0 Å². The van der Waals surface area contributed by atoms with Gasteiger partial charge in [-0.3, -0.25) is 10.1 Å². The van der Waals surface area contributed by atoms with Crippen LogP contribution < -0.4 is 9.47 Å². The van der Waals surface area contributed by atoms with E-state index in [1.807, 2.05) is 6.07 Å². The summed E-state index contributed by atoms with van der Waals surface area (Å²) in [5, 5.41) is 11.2. The number of rotatable bonds is 6. The Bertz CT molecular complexity index is 1010. The predicted molar refractivity (Wildman–Crippen MR) is 103 cm³/mol. The Morgan fingerprint density at radius 2 is 1.82 bits per heavy atom. The Hall–Kier alpha value is -2.65. The third-order valence-corrected chi connectivity index (χ3v) is 6.88. The van der Waals surface area contributed by atoms with Crippen molar-refractivity contribution in [1.82, 2.24) is 4.31 Å². The van der Waals surface area contributed by atoms with Gasteiger partial charge in [0.25, 0.3) is 5.69 Å². The Kier molecular flexibility index (Phi) is 5.57. The second-order valence-corrected chi connectivity index (χ2v) is 8.48. The maximum Gasteiger partial charge on any atom is 0.273 e. The molecule has 0 radical (unpaired) electrons. The molecule has 9 heteroatoms. The lowest BCUT2D eigenvalue weighted by molar-refractivity contribution is -0.385. The Morgan fingerprint density at radius 3 is 2.46 bits per heavy atom. The van der Waals surface area contributed by atoms with Crippen LogP contribution in [0.3, 0.4) is 0 Å². The van der Waals surface area contributed by atoms with E-state index in [0.717, 1.165) is 11.6 Å². The first-order chi connectivity index (χ1) is 13.3. The van der Waals surface area contributed by atoms with Gasteiger partial charge >= 0.3 is 0 Å². The quantitative estimate of drug-likeness (QED) is 0.538. The number of hydrogen-bond acceptors (Lipinski definition) is 6. The fourth-order valence-electron chi connectivity index (χ4n) is 3.50. The van der Waals surface area contributed by atoms with Gasteiger partial charge in [-0.1, -0.05) is 12.1 Å². The molecule has 8 nitrogen and oxygen atoms in total. The van der Waals surface area contributed by atoms with Crippen molar-refractivity contribution >= 4 is 15.7 Å². The van der Waals surface area contributed by atoms with E-state index in [1.165, 1.54) is 30.7 Å². The first-order valence-corrected chi connectivity index (χ1v) is 10.2. The van der Waals surface area contributed by atoms with E-state index in [1.54, 1.807) is 19.1 Å². The van der Waals surface area contributed by atoms with Gasteiger partial charge in [0.05, 0.1) is 30.1 Å². The van der Waals surface area contributed by atoms with E-state index >= 15 is 0 Å². The second kappa shape index (κ2) is 7.76. The number of sulfonamides is 1. The normalized spacial score (nSPS) is 17.5. The summed E-state index contributed by atoms with van der Waals surface area (Å²) in [5.41, 5.74) is 1.00. The fourth-order valence-corrected chi connectivity index (χ4v) is 5.21. The molecule has 3 rings (SSSR count). The van der Waals surface area contributed by atoms with Crippen molar-refractivity contribution in [1.29, 1.82) is 0 Å². The van der Waals surface area contributed by atoms with E-state index in [2.05, 4.69) is 0 Å². The van der Waals surface area contributed by atoms with Crippen molar-refractivity contribution in [3.05, 3.63) is 57.6 Å². The summed E-state index contributed by atoms with van der Waals surface area (Å²) in [4.78, 5) is 10.6. The lowest BCUT2D eigenvalue weighted by atomic mass is 10.0. The molecular formula is C19H22N2O6S. The summed E-state index contributed by atoms with van der Waals surface area (Å²) in [5.74, 6) is 1.09. The van der Waals surface area contributed by atoms with Gasteiger partial charge in [-0.15, -0.1) is 0 Å². The molecule has 0 amide bonds. The Balaban J connectivity index is 2.00. The lowest BCUT2D eigenvalue weighted by Gasteiger charge is -2.25. The van der Waals surface area contributed by atoms with Crippen LogP contribution in [0.5, 0.6) is 11.5 Å². The Labute approximate surface area is 163 Å². The molecule has 1 saturated heterocycles. The van der Waals surface area contributed by atoms with Crippen molar-refractivity contribution in [3.63, 3.8) is 0 Å². The maximum absolute atomic E-state index is 13.2. The number of nitro benzene ring substituents is 1. The average molecular weight is 406 g/mol. The van der Waals surface area contributed by atoms with Crippen LogP contribution in [0.25, 0.3) is 0 Å². The first kappa shape index (κ1) is 20.1. The molecule has 2 aromatic carbocycles. The highest BCUT2D eigenvalue weighted by molar-refractivity contribution is 7.89. The molecule has 1 heterocycles. The maximum atomic E-state index is 13.2. The zero-order chi connectivity index (χ0) is 20.5.